The molecular formula is C11H16N2O2. The number of aromatic nitrogens is 2. The minimum atomic E-state index is -0.771. The number of nitrogens with zero attached hydrogens (tertiary/aromatic N) is 2. The number of hydrogen-bond acceptors (Lipinski definition) is 3. The molecule has 1 heterocycles. The Morgan fingerprint density at radius 2 is 2.47 bits per heavy atom. The fraction of sp³-hybridized carbons (Fsp3) is 0.636. The first-order valence-corrected chi connectivity index (χ1v) is 5.43. The minimum absolute atomic E-state index is 0.0987. The molecule has 1 unspecified atom stereocenters. The Balaban J connectivity index is 1.98. The summed E-state index contributed by atoms with van der Waals surface area (Å²) in [5, 5.41) is 9.63. The molecule has 0 bridgehead atoms. The highest BCUT2D eigenvalue weighted by Crippen LogP contribution is 2.33. The van der Waals surface area contributed by atoms with Crippen molar-refractivity contribution < 1.29 is 9.90 Å². The lowest BCUT2D eigenvalue weighted by molar-refractivity contribution is -0.127. The molecule has 1 saturated carbocycles. The van der Waals surface area contributed by atoms with Crippen molar-refractivity contribution in [2.45, 2.75) is 38.8 Å². The number of carbonyl (C=O) groups excluding carboxylic acids is 1. The van der Waals surface area contributed by atoms with Gasteiger partial charge in [0.05, 0.1) is 6.42 Å². The molecule has 1 fully saturated rings. The molecule has 2 rings (SSSR count). The highest BCUT2D eigenvalue weighted by molar-refractivity contribution is 5.85. The Morgan fingerprint density at radius 1 is 1.73 bits per heavy atom. The molecule has 1 N–H and O–H groups in total. The van der Waals surface area contributed by atoms with Gasteiger partial charge in [-0.3, -0.25) is 4.79 Å². The molecule has 1 aromatic heterocycles. The summed E-state index contributed by atoms with van der Waals surface area (Å²) in [6.07, 6.45) is 4.98. The quantitative estimate of drug-likeness (QED) is 0.778. The number of hydrogen-bond donors (Lipinski definition) is 1. The molecule has 0 radical (unpaired) electrons. The van der Waals surface area contributed by atoms with Crippen LogP contribution in [0.25, 0.3) is 0 Å². The molecular weight excluding hydrogens is 192 g/mol. The Morgan fingerprint density at radius 3 is 3.07 bits per heavy atom. The fourth-order valence-corrected chi connectivity index (χ4v) is 1.73. The zero-order valence-corrected chi connectivity index (χ0v) is 8.89. The van der Waals surface area contributed by atoms with Crippen LogP contribution in [0.1, 0.15) is 25.6 Å². The molecule has 0 aromatic carbocycles. The minimum Gasteiger partial charge on any atom is -0.385 e. The van der Waals surface area contributed by atoms with E-state index in [1.807, 2.05) is 17.7 Å². The van der Waals surface area contributed by atoms with Gasteiger partial charge in [-0.1, -0.05) is 0 Å². The van der Waals surface area contributed by atoms with Crippen molar-refractivity contribution in [3.63, 3.8) is 0 Å². The number of ketones is 1. The molecule has 0 amide bonds. The Labute approximate surface area is 88.9 Å². The van der Waals surface area contributed by atoms with Crippen molar-refractivity contribution in [3.8, 4) is 0 Å². The van der Waals surface area contributed by atoms with Gasteiger partial charge < -0.3 is 9.67 Å². The number of aliphatic hydroxyl groups is 1. The molecule has 0 aliphatic heterocycles. The zero-order chi connectivity index (χ0) is 10.8. The molecule has 0 saturated heterocycles. The summed E-state index contributed by atoms with van der Waals surface area (Å²) in [6.45, 7) is 2.81. The summed E-state index contributed by atoms with van der Waals surface area (Å²) < 4.78 is 1.93. The third-order valence-electron chi connectivity index (χ3n) is 2.87. The van der Waals surface area contributed by atoms with E-state index < -0.39 is 6.10 Å². The number of aliphatic hydroxyl groups excluding tert-OH is 1. The van der Waals surface area contributed by atoms with Gasteiger partial charge in [-0.05, 0) is 25.7 Å². The smallest absolute Gasteiger partial charge is 0.169 e. The van der Waals surface area contributed by atoms with Crippen LogP contribution in [0, 0.1) is 5.92 Å². The predicted octanol–water partition coefficient (Wildman–Crippen LogP) is 0.785. The van der Waals surface area contributed by atoms with E-state index in [1.54, 1.807) is 6.20 Å². The van der Waals surface area contributed by atoms with Gasteiger partial charge in [-0.15, -0.1) is 0 Å². The number of Topliss-reactive ketones (excluding diaryl/α,β-unsaturated/α-hetero) is 1. The van der Waals surface area contributed by atoms with Crippen molar-refractivity contribution in [2.75, 3.05) is 0 Å². The van der Waals surface area contributed by atoms with E-state index in [2.05, 4.69) is 4.98 Å². The first kappa shape index (κ1) is 10.4. The lowest BCUT2D eigenvalue weighted by Crippen LogP contribution is -2.25. The van der Waals surface area contributed by atoms with Crippen LogP contribution in [0.2, 0.25) is 0 Å². The second kappa shape index (κ2) is 4.14. The third kappa shape index (κ3) is 2.26. The summed E-state index contributed by atoms with van der Waals surface area (Å²) in [7, 11) is 0. The van der Waals surface area contributed by atoms with Crippen molar-refractivity contribution in [3.05, 3.63) is 18.2 Å². The van der Waals surface area contributed by atoms with Crippen molar-refractivity contribution in [1.29, 1.82) is 0 Å². The van der Waals surface area contributed by atoms with Crippen molar-refractivity contribution >= 4 is 5.78 Å². The van der Waals surface area contributed by atoms with Crippen LogP contribution in [0.4, 0.5) is 0 Å². The Hall–Kier alpha value is -1.16. The topological polar surface area (TPSA) is 55.1 Å². The van der Waals surface area contributed by atoms with Gasteiger partial charge in [0.25, 0.3) is 0 Å². The molecule has 1 atom stereocenters. The van der Waals surface area contributed by atoms with E-state index in [0.29, 0.717) is 0 Å². The number of carbonyl (C=O) groups is 1. The predicted molar refractivity (Wildman–Crippen MR) is 55.3 cm³/mol. The van der Waals surface area contributed by atoms with Crippen molar-refractivity contribution in [2.24, 2.45) is 5.92 Å². The van der Waals surface area contributed by atoms with E-state index in [0.717, 1.165) is 25.2 Å². The molecule has 82 valence electrons. The highest BCUT2D eigenvalue weighted by Gasteiger charge is 2.34. The van der Waals surface area contributed by atoms with Crippen molar-refractivity contribution in [1.82, 2.24) is 9.55 Å². The van der Waals surface area contributed by atoms with E-state index in [1.165, 1.54) is 0 Å². The highest BCUT2D eigenvalue weighted by atomic mass is 16.3. The maximum Gasteiger partial charge on any atom is 0.169 e. The summed E-state index contributed by atoms with van der Waals surface area (Å²) >= 11 is 0. The summed E-state index contributed by atoms with van der Waals surface area (Å²) in [5.41, 5.74) is 0. The lowest BCUT2D eigenvalue weighted by atomic mass is 10.1. The van der Waals surface area contributed by atoms with Crippen LogP contribution < -0.4 is 0 Å². The first-order valence-electron chi connectivity index (χ1n) is 5.43. The molecule has 1 aliphatic rings. The Bertz CT molecular complexity index is 355. The van der Waals surface area contributed by atoms with Crippen LogP contribution >= 0.6 is 0 Å². The van der Waals surface area contributed by atoms with Gasteiger partial charge in [0.2, 0.25) is 0 Å². The fourth-order valence-electron chi connectivity index (χ4n) is 1.73. The summed E-state index contributed by atoms with van der Waals surface area (Å²) in [6, 6.07) is 0. The van der Waals surface area contributed by atoms with Gasteiger partial charge in [-0.2, -0.15) is 0 Å². The third-order valence-corrected chi connectivity index (χ3v) is 2.87. The van der Waals surface area contributed by atoms with E-state index in [9.17, 15) is 9.90 Å². The summed E-state index contributed by atoms with van der Waals surface area (Å²) in [5.74, 6) is 0.864. The van der Waals surface area contributed by atoms with Crippen LogP contribution in [-0.4, -0.2) is 26.5 Å². The lowest BCUT2D eigenvalue weighted by Gasteiger charge is -2.08. The largest absolute Gasteiger partial charge is 0.385 e. The van der Waals surface area contributed by atoms with Gasteiger partial charge >= 0.3 is 0 Å². The normalized spacial score (nSPS) is 17.7. The number of aryl methyl sites for hydroxylation is 1. The zero-order valence-electron chi connectivity index (χ0n) is 8.89. The average molecular weight is 208 g/mol. The molecule has 1 aliphatic carbocycles. The SMILES string of the molecule is CCn1ccnc1CC(=O)C(O)C1CC1. The van der Waals surface area contributed by atoms with Crippen LogP contribution in [0.5, 0.6) is 0 Å². The first-order chi connectivity index (χ1) is 7.22. The van der Waals surface area contributed by atoms with Gasteiger partial charge in [0.1, 0.15) is 11.9 Å². The van der Waals surface area contributed by atoms with Crippen LogP contribution in [0.3, 0.4) is 0 Å². The molecule has 1 aromatic rings. The van der Waals surface area contributed by atoms with Gasteiger partial charge in [0.15, 0.2) is 5.78 Å². The van der Waals surface area contributed by atoms with Gasteiger partial charge in [-0.25, -0.2) is 4.98 Å². The van der Waals surface area contributed by atoms with E-state index in [-0.39, 0.29) is 18.1 Å². The van der Waals surface area contributed by atoms with Gasteiger partial charge in [0, 0.05) is 18.9 Å². The average Bonchev–Trinajstić information content (AvgIpc) is 2.99. The summed E-state index contributed by atoms with van der Waals surface area (Å²) in [4.78, 5) is 15.8. The maximum absolute atomic E-state index is 11.7. The maximum atomic E-state index is 11.7. The number of rotatable bonds is 5. The van der Waals surface area contributed by atoms with Crippen LogP contribution in [-0.2, 0) is 17.8 Å². The number of imidazole rings is 1. The second-order valence-corrected chi connectivity index (χ2v) is 4.05. The van der Waals surface area contributed by atoms with E-state index in [4.69, 9.17) is 0 Å². The monoisotopic (exact) mass is 208 g/mol. The molecule has 4 heteroatoms. The standard InChI is InChI=1S/C11H16N2O2/c1-2-13-6-5-12-10(13)7-9(14)11(15)8-3-4-8/h5-6,8,11,15H,2-4,7H2,1H3. The second-order valence-electron chi connectivity index (χ2n) is 4.05. The van der Waals surface area contributed by atoms with E-state index >= 15 is 0 Å². The molecule has 4 nitrogen and oxygen atoms in total. The molecule has 15 heavy (non-hydrogen) atoms. The Kier molecular flexibility index (Phi) is 2.86. The van der Waals surface area contributed by atoms with Crippen LogP contribution in [0.15, 0.2) is 12.4 Å². The molecule has 0 spiro atoms.